The number of alkyl halides is 1. The van der Waals surface area contributed by atoms with E-state index in [-0.39, 0.29) is 0 Å². The van der Waals surface area contributed by atoms with Crippen molar-refractivity contribution >= 4 is 27.7 Å². The molecule has 0 N–H and O–H groups in total. The van der Waals surface area contributed by atoms with Crippen LogP contribution in [0.4, 0.5) is 0 Å². The molecule has 0 saturated carbocycles. The SMILES string of the molecule is Cn1ncnc1SCCBr. The Morgan fingerprint density at radius 2 is 2.60 bits per heavy atom. The van der Waals surface area contributed by atoms with Gasteiger partial charge in [0.2, 0.25) is 0 Å². The summed E-state index contributed by atoms with van der Waals surface area (Å²) in [7, 11) is 1.89. The molecule has 0 spiro atoms. The Kier molecular flexibility index (Phi) is 3.21. The van der Waals surface area contributed by atoms with Crippen molar-refractivity contribution in [3.05, 3.63) is 6.33 Å². The summed E-state index contributed by atoms with van der Waals surface area (Å²) >= 11 is 5.04. The van der Waals surface area contributed by atoms with Gasteiger partial charge in [-0.05, 0) is 0 Å². The molecule has 3 nitrogen and oxygen atoms in total. The van der Waals surface area contributed by atoms with Crippen molar-refractivity contribution in [2.75, 3.05) is 11.1 Å². The molecule has 56 valence electrons. The fourth-order valence-corrected chi connectivity index (χ4v) is 1.65. The summed E-state index contributed by atoms with van der Waals surface area (Å²) in [6.45, 7) is 0. The maximum atomic E-state index is 4.05. The Labute approximate surface area is 72.3 Å². The molecule has 1 rings (SSSR count). The Bertz CT molecular complexity index is 201. The van der Waals surface area contributed by atoms with Crippen molar-refractivity contribution in [2.24, 2.45) is 7.05 Å². The van der Waals surface area contributed by atoms with E-state index in [9.17, 15) is 0 Å². The van der Waals surface area contributed by atoms with Gasteiger partial charge in [-0.25, -0.2) is 9.67 Å². The highest BCUT2D eigenvalue weighted by molar-refractivity contribution is 9.09. The lowest BCUT2D eigenvalue weighted by Crippen LogP contribution is -1.93. The molecular formula is C5H8BrN3S. The van der Waals surface area contributed by atoms with Gasteiger partial charge in [-0.1, -0.05) is 27.7 Å². The largest absolute Gasteiger partial charge is 0.244 e. The summed E-state index contributed by atoms with van der Waals surface area (Å²) in [4.78, 5) is 4.05. The zero-order chi connectivity index (χ0) is 7.40. The van der Waals surface area contributed by atoms with Crippen molar-refractivity contribution in [1.82, 2.24) is 14.8 Å². The molecule has 0 fully saturated rings. The lowest BCUT2D eigenvalue weighted by Gasteiger charge is -1.95. The summed E-state index contributed by atoms with van der Waals surface area (Å²) in [5.41, 5.74) is 0. The molecule has 0 saturated heterocycles. The first-order valence-corrected chi connectivity index (χ1v) is 4.98. The zero-order valence-corrected chi connectivity index (χ0v) is 8.02. The summed E-state index contributed by atoms with van der Waals surface area (Å²) < 4.78 is 1.77. The maximum Gasteiger partial charge on any atom is 0.185 e. The third kappa shape index (κ3) is 1.98. The van der Waals surface area contributed by atoms with Gasteiger partial charge in [0, 0.05) is 18.1 Å². The van der Waals surface area contributed by atoms with Crippen molar-refractivity contribution < 1.29 is 0 Å². The predicted molar refractivity (Wildman–Crippen MR) is 45.5 cm³/mol. The van der Waals surface area contributed by atoms with Gasteiger partial charge in [-0.15, -0.1) is 0 Å². The number of hydrogen-bond acceptors (Lipinski definition) is 3. The van der Waals surface area contributed by atoms with Crippen LogP contribution in [0.5, 0.6) is 0 Å². The van der Waals surface area contributed by atoms with E-state index in [1.54, 1.807) is 22.8 Å². The molecule has 0 bridgehead atoms. The van der Waals surface area contributed by atoms with Crippen molar-refractivity contribution in [3.63, 3.8) is 0 Å². The van der Waals surface area contributed by atoms with Crippen LogP contribution in [0.15, 0.2) is 11.5 Å². The Morgan fingerprint density at radius 3 is 3.10 bits per heavy atom. The van der Waals surface area contributed by atoms with E-state index in [1.807, 2.05) is 7.05 Å². The third-order valence-electron chi connectivity index (χ3n) is 0.978. The molecule has 10 heavy (non-hydrogen) atoms. The smallest absolute Gasteiger partial charge is 0.185 e. The summed E-state index contributed by atoms with van der Waals surface area (Å²) in [6.07, 6.45) is 1.57. The molecule has 5 heteroatoms. The van der Waals surface area contributed by atoms with Gasteiger partial charge in [-0.2, -0.15) is 5.10 Å². The number of hydrogen-bond donors (Lipinski definition) is 0. The molecule has 0 aromatic carbocycles. The summed E-state index contributed by atoms with van der Waals surface area (Å²) in [5, 5.41) is 5.90. The van der Waals surface area contributed by atoms with Crippen LogP contribution in [0.25, 0.3) is 0 Å². The molecule has 0 unspecified atom stereocenters. The normalized spacial score (nSPS) is 10.2. The second-order valence-electron chi connectivity index (χ2n) is 1.70. The van der Waals surface area contributed by atoms with E-state index in [0.717, 1.165) is 16.2 Å². The number of halogens is 1. The Balaban J connectivity index is 2.49. The van der Waals surface area contributed by atoms with Crippen molar-refractivity contribution in [1.29, 1.82) is 0 Å². The first-order chi connectivity index (χ1) is 4.84. The number of thioether (sulfide) groups is 1. The van der Waals surface area contributed by atoms with E-state index in [0.29, 0.717) is 0 Å². The van der Waals surface area contributed by atoms with Gasteiger partial charge in [0.05, 0.1) is 0 Å². The zero-order valence-electron chi connectivity index (χ0n) is 5.62. The maximum absolute atomic E-state index is 4.05. The van der Waals surface area contributed by atoms with Crippen LogP contribution in [0, 0.1) is 0 Å². The van der Waals surface area contributed by atoms with E-state index in [1.165, 1.54) is 0 Å². The minimum absolute atomic E-state index is 0.972. The lowest BCUT2D eigenvalue weighted by atomic mass is 11.0. The molecule has 0 aliphatic rings. The second-order valence-corrected chi connectivity index (χ2v) is 3.56. The predicted octanol–water partition coefficient (Wildman–Crippen LogP) is 1.30. The van der Waals surface area contributed by atoms with E-state index >= 15 is 0 Å². The van der Waals surface area contributed by atoms with Gasteiger partial charge < -0.3 is 0 Å². The highest BCUT2D eigenvalue weighted by Crippen LogP contribution is 2.12. The molecule has 1 aromatic rings. The summed E-state index contributed by atoms with van der Waals surface area (Å²) in [5.74, 6) is 1.03. The van der Waals surface area contributed by atoms with Crippen LogP contribution in [0.3, 0.4) is 0 Å². The van der Waals surface area contributed by atoms with Crippen LogP contribution >= 0.6 is 27.7 Å². The third-order valence-corrected chi connectivity index (χ3v) is 2.94. The fraction of sp³-hybridized carbons (Fsp3) is 0.600. The highest BCUT2D eigenvalue weighted by Gasteiger charge is 1.97. The second kappa shape index (κ2) is 3.98. The molecule has 1 aromatic heterocycles. The molecule has 0 aliphatic heterocycles. The monoisotopic (exact) mass is 221 g/mol. The Hall–Kier alpha value is -0.0300. The quantitative estimate of drug-likeness (QED) is 0.570. The lowest BCUT2D eigenvalue weighted by molar-refractivity contribution is 0.685. The van der Waals surface area contributed by atoms with Gasteiger partial charge in [-0.3, -0.25) is 0 Å². The van der Waals surface area contributed by atoms with Gasteiger partial charge in [0.25, 0.3) is 0 Å². The van der Waals surface area contributed by atoms with E-state index in [2.05, 4.69) is 26.0 Å². The fourth-order valence-electron chi connectivity index (χ4n) is 0.546. The highest BCUT2D eigenvalue weighted by atomic mass is 79.9. The van der Waals surface area contributed by atoms with Crippen molar-refractivity contribution in [2.45, 2.75) is 5.16 Å². The molecule has 0 radical (unpaired) electrons. The minimum Gasteiger partial charge on any atom is -0.244 e. The van der Waals surface area contributed by atoms with Crippen LogP contribution < -0.4 is 0 Å². The van der Waals surface area contributed by atoms with Crippen molar-refractivity contribution in [3.8, 4) is 0 Å². The summed E-state index contributed by atoms with van der Waals surface area (Å²) in [6, 6.07) is 0. The van der Waals surface area contributed by atoms with E-state index in [4.69, 9.17) is 0 Å². The number of nitrogens with zero attached hydrogens (tertiary/aromatic N) is 3. The molecule has 0 atom stereocenters. The van der Waals surface area contributed by atoms with Crippen LogP contribution in [0.1, 0.15) is 0 Å². The van der Waals surface area contributed by atoms with E-state index < -0.39 is 0 Å². The average molecular weight is 222 g/mol. The van der Waals surface area contributed by atoms with Gasteiger partial charge >= 0.3 is 0 Å². The molecule has 0 amide bonds. The minimum atomic E-state index is 0.972. The van der Waals surface area contributed by atoms with Gasteiger partial charge in [0.15, 0.2) is 5.16 Å². The first kappa shape index (κ1) is 8.07. The average Bonchev–Trinajstić information content (AvgIpc) is 2.31. The van der Waals surface area contributed by atoms with Crippen LogP contribution in [-0.2, 0) is 7.05 Å². The Morgan fingerprint density at radius 1 is 1.80 bits per heavy atom. The topological polar surface area (TPSA) is 30.7 Å². The standard InChI is InChI=1S/C5H8BrN3S/c1-9-5(7-4-8-9)10-3-2-6/h4H,2-3H2,1H3. The van der Waals surface area contributed by atoms with Crippen LogP contribution in [0.2, 0.25) is 0 Å². The molecular weight excluding hydrogens is 214 g/mol. The molecule has 1 heterocycles. The number of aromatic nitrogens is 3. The number of aryl methyl sites for hydroxylation is 1. The van der Waals surface area contributed by atoms with Crippen LogP contribution in [-0.4, -0.2) is 25.8 Å². The number of rotatable bonds is 3. The molecule has 0 aliphatic carbocycles. The first-order valence-electron chi connectivity index (χ1n) is 2.87. The van der Waals surface area contributed by atoms with Gasteiger partial charge in [0.1, 0.15) is 6.33 Å².